The van der Waals surface area contributed by atoms with Crippen LogP contribution in [0.15, 0.2) is 42.5 Å². The molecule has 45 heavy (non-hydrogen) atoms. The predicted molar refractivity (Wildman–Crippen MR) is 178 cm³/mol. The number of carbonyl (C=O) groups is 4. The lowest BCUT2D eigenvalue weighted by Crippen LogP contribution is -2.51. The van der Waals surface area contributed by atoms with Crippen LogP contribution in [0.4, 0.5) is 0 Å². The van der Waals surface area contributed by atoms with Crippen LogP contribution in [0.3, 0.4) is 0 Å². The van der Waals surface area contributed by atoms with Gasteiger partial charge in [0.15, 0.2) is 0 Å². The van der Waals surface area contributed by atoms with Gasteiger partial charge in [-0.1, -0.05) is 42.5 Å². The van der Waals surface area contributed by atoms with Crippen molar-refractivity contribution >= 4 is 34.4 Å². The number of carbonyl (C=O) groups excluding carboxylic acids is 4. The Balaban J connectivity index is 1.75. The first-order valence-corrected chi connectivity index (χ1v) is 15.7. The van der Waals surface area contributed by atoms with E-state index in [1.807, 2.05) is 24.3 Å². The SMILES string of the molecule is CN(C)C(=O)CN1CCN(CC(=O)NCc2cccc3ccccc23)CCN(CC(=O)N(C)C)CCN(CC(=O)N(C)C)CC1. The van der Waals surface area contributed by atoms with Crippen LogP contribution in [-0.2, 0) is 25.7 Å². The van der Waals surface area contributed by atoms with Gasteiger partial charge in [0.05, 0.1) is 26.2 Å². The molecule has 1 aliphatic rings. The molecule has 1 fully saturated rings. The van der Waals surface area contributed by atoms with E-state index in [2.05, 4.69) is 43.1 Å². The molecular weight excluding hydrogens is 572 g/mol. The van der Waals surface area contributed by atoms with Crippen molar-refractivity contribution in [2.45, 2.75) is 6.54 Å². The Bertz CT molecular complexity index is 1240. The Kier molecular flexibility index (Phi) is 14.2. The molecule has 0 bridgehead atoms. The number of benzene rings is 2. The van der Waals surface area contributed by atoms with E-state index in [0.717, 1.165) is 16.3 Å². The minimum absolute atomic E-state index is 0.00534. The first-order chi connectivity index (χ1) is 21.4. The van der Waals surface area contributed by atoms with Crippen molar-refractivity contribution in [3.63, 3.8) is 0 Å². The Morgan fingerprint density at radius 3 is 1.36 bits per heavy atom. The van der Waals surface area contributed by atoms with E-state index in [4.69, 9.17) is 0 Å². The maximum absolute atomic E-state index is 13.2. The number of rotatable bonds is 10. The summed E-state index contributed by atoms with van der Waals surface area (Å²) in [7, 11) is 10.5. The standard InChI is InChI=1S/C33H52N8O4/c1-35(2)31(43)24-39-16-14-38(23-30(42)34-22-28-12-9-11-27-10-7-8-13-29(27)28)15-17-40(25-32(44)36(3)4)19-21-41(20-18-39)26-33(45)37(5)6/h7-13H,14-26H2,1-6H3,(H,34,42). The van der Waals surface area contributed by atoms with Crippen molar-refractivity contribution in [1.29, 1.82) is 0 Å². The van der Waals surface area contributed by atoms with Gasteiger partial charge in [-0.25, -0.2) is 0 Å². The summed E-state index contributed by atoms with van der Waals surface area (Å²) in [5.41, 5.74) is 1.06. The normalized spacial score (nSPS) is 16.4. The molecule has 0 spiro atoms. The summed E-state index contributed by atoms with van der Waals surface area (Å²) in [4.78, 5) is 64.4. The lowest BCUT2D eigenvalue weighted by atomic mass is 10.0. The number of hydrogen-bond acceptors (Lipinski definition) is 8. The van der Waals surface area contributed by atoms with Gasteiger partial charge in [-0.15, -0.1) is 0 Å². The average molecular weight is 625 g/mol. The summed E-state index contributed by atoms with van der Waals surface area (Å²) in [5, 5.41) is 5.36. The summed E-state index contributed by atoms with van der Waals surface area (Å²) >= 11 is 0. The molecule has 2 aromatic rings. The highest BCUT2D eigenvalue weighted by atomic mass is 16.2. The fourth-order valence-electron chi connectivity index (χ4n) is 5.11. The van der Waals surface area contributed by atoms with Crippen molar-refractivity contribution in [1.82, 2.24) is 39.6 Å². The molecule has 0 saturated carbocycles. The molecule has 2 aromatic carbocycles. The molecule has 12 heteroatoms. The van der Waals surface area contributed by atoms with Gasteiger partial charge in [0.2, 0.25) is 23.6 Å². The maximum Gasteiger partial charge on any atom is 0.236 e. The Morgan fingerprint density at radius 2 is 0.933 bits per heavy atom. The van der Waals surface area contributed by atoms with E-state index >= 15 is 0 Å². The summed E-state index contributed by atoms with van der Waals surface area (Å²) in [6.45, 7) is 6.13. The largest absolute Gasteiger partial charge is 0.351 e. The zero-order chi connectivity index (χ0) is 32.9. The van der Waals surface area contributed by atoms with E-state index in [-0.39, 0.29) is 49.8 Å². The lowest BCUT2D eigenvalue weighted by molar-refractivity contribution is -0.132. The van der Waals surface area contributed by atoms with Crippen LogP contribution >= 0.6 is 0 Å². The Labute approximate surface area is 268 Å². The van der Waals surface area contributed by atoms with Gasteiger partial charge >= 0.3 is 0 Å². The molecule has 0 radical (unpaired) electrons. The van der Waals surface area contributed by atoms with Crippen LogP contribution in [0.1, 0.15) is 5.56 Å². The molecule has 1 saturated heterocycles. The van der Waals surface area contributed by atoms with E-state index in [0.29, 0.717) is 58.9 Å². The highest BCUT2D eigenvalue weighted by Gasteiger charge is 2.22. The van der Waals surface area contributed by atoms with Gasteiger partial charge in [-0.3, -0.25) is 38.8 Å². The number of amides is 4. The molecule has 3 rings (SSSR count). The van der Waals surface area contributed by atoms with Crippen LogP contribution in [-0.4, -0.2) is 179 Å². The van der Waals surface area contributed by atoms with Crippen LogP contribution in [0, 0.1) is 0 Å². The molecule has 0 aliphatic carbocycles. The minimum atomic E-state index is -0.0739. The topological polar surface area (TPSA) is 103 Å². The number of nitrogens with zero attached hydrogens (tertiary/aromatic N) is 7. The second kappa shape index (κ2) is 17.8. The van der Waals surface area contributed by atoms with E-state index in [9.17, 15) is 19.2 Å². The van der Waals surface area contributed by atoms with Crippen LogP contribution in [0.25, 0.3) is 10.8 Å². The quantitative estimate of drug-likeness (QED) is 0.393. The zero-order valence-corrected chi connectivity index (χ0v) is 28.0. The van der Waals surface area contributed by atoms with Gasteiger partial charge in [-0.2, -0.15) is 0 Å². The summed E-state index contributed by atoms with van der Waals surface area (Å²) in [5.74, 6) is -0.0543. The fraction of sp³-hybridized carbons (Fsp3) is 0.576. The molecule has 248 valence electrons. The average Bonchev–Trinajstić information content (AvgIpc) is 3.00. The molecular formula is C33H52N8O4. The first-order valence-electron chi connectivity index (χ1n) is 15.7. The predicted octanol–water partition coefficient (Wildman–Crippen LogP) is -0.0578. The Morgan fingerprint density at radius 1 is 0.556 bits per heavy atom. The minimum Gasteiger partial charge on any atom is -0.351 e. The summed E-state index contributed by atoms with van der Waals surface area (Å²) < 4.78 is 0. The molecule has 1 aliphatic heterocycles. The van der Waals surface area contributed by atoms with Crippen molar-refractivity contribution in [2.75, 3.05) is 121 Å². The van der Waals surface area contributed by atoms with E-state index in [1.165, 1.54) is 0 Å². The second-order valence-electron chi connectivity index (χ2n) is 12.4. The zero-order valence-electron chi connectivity index (χ0n) is 28.0. The lowest BCUT2D eigenvalue weighted by Gasteiger charge is -2.34. The number of likely N-dealkylation sites (N-methyl/N-ethyl adjacent to an activating group) is 3. The highest BCUT2D eigenvalue weighted by molar-refractivity contribution is 5.86. The van der Waals surface area contributed by atoms with Gasteiger partial charge in [-0.05, 0) is 16.3 Å². The van der Waals surface area contributed by atoms with E-state index in [1.54, 1.807) is 57.0 Å². The smallest absolute Gasteiger partial charge is 0.236 e. The third-order valence-electron chi connectivity index (χ3n) is 8.23. The molecule has 0 atom stereocenters. The molecule has 4 amide bonds. The fourth-order valence-corrected chi connectivity index (χ4v) is 5.11. The van der Waals surface area contributed by atoms with Gasteiger partial charge in [0.1, 0.15) is 0 Å². The molecule has 12 nitrogen and oxygen atoms in total. The Hall–Kier alpha value is -3.58. The third kappa shape index (κ3) is 12.0. The molecule has 1 N–H and O–H groups in total. The number of nitrogens with one attached hydrogen (secondary N) is 1. The van der Waals surface area contributed by atoms with Crippen molar-refractivity contribution < 1.29 is 19.2 Å². The van der Waals surface area contributed by atoms with Crippen LogP contribution in [0.5, 0.6) is 0 Å². The van der Waals surface area contributed by atoms with Crippen molar-refractivity contribution in [3.8, 4) is 0 Å². The monoisotopic (exact) mass is 624 g/mol. The molecule has 0 aromatic heterocycles. The second-order valence-corrected chi connectivity index (χ2v) is 12.4. The van der Waals surface area contributed by atoms with Crippen LogP contribution < -0.4 is 5.32 Å². The maximum atomic E-state index is 13.2. The van der Waals surface area contributed by atoms with E-state index < -0.39 is 0 Å². The van der Waals surface area contributed by atoms with Crippen molar-refractivity contribution in [3.05, 3.63) is 48.0 Å². The summed E-state index contributed by atoms with van der Waals surface area (Å²) in [6.07, 6.45) is 0. The molecule has 1 heterocycles. The molecule has 0 unspecified atom stereocenters. The number of hydrogen-bond donors (Lipinski definition) is 1. The first kappa shape index (κ1) is 35.9. The van der Waals surface area contributed by atoms with Gasteiger partial charge in [0.25, 0.3) is 0 Å². The third-order valence-corrected chi connectivity index (χ3v) is 8.23. The summed E-state index contributed by atoms with van der Waals surface area (Å²) in [6, 6.07) is 14.2. The van der Waals surface area contributed by atoms with Gasteiger partial charge < -0.3 is 20.0 Å². The highest BCUT2D eigenvalue weighted by Crippen LogP contribution is 2.18. The van der Waals surface area contributed by atoms with Gasteiger partial charge in [0, 0.05) is 101 Å². The van der Waals surface area contributed by atoms with Crippen molar-refractivity contribution in [2.24, 2.45) is 0 Å². The van der Waals surface area contributed by atoms with Crippen LogP contribution in [0.2, 0.25) is 0 Å². The number of fused-ring (bicyclic) bond motifs is 1.